The summed E-state index contributed by atoms with van der Waals surface area (Å²) in [6.07, 6.45) is 7.03. The molecule has 0 saturated heterocycles. The second kappa shape index (κ2) is 5.26. The third-order valence-corrected chi connectivity index (χ3v) is 2.19. The van der Waals surface area contributed by atoms with E-state index in [1.807, 2.05) is 24.0 Å². The lowest BCUT2D eigenvalue weighted by Crippen LogP contribution is -2.14. The van der Waals surface area contributed by atoms with Gasteiger partial charge in [-0.2, -0.15) is 5.10 Å². The molecule has 0 radical (unpaired) electrons. The van der Waals surface area contributed by atoms with Crippen LogP contribution in [0.25, 0.3) is 0 Å². The van der Waals surface area contributed by atoms with Crippen LogP contribution in [0.1, 0.15) is 5.56 Å². The Morgan fingerprint density at radius 1 is 1.29 bits per heavy atom. The predicted octanol–water partition coefficient (Wildman–Crippen LogP) is 0.379. The van der Waals surface area contributed by atoms with Crippen molar-refractivity contribution in [3.8, 4) is 0 Å². The highest BCUT2D eigenvalue weighted by Crippen LogP contribution is 2.04. The minimum Gasteiger partial charge on any atom is -0.367 e. The molecule has 0 amide bonds. The van der Waals surface area contributed by atoms with Crippen LogP contribution < -0.4 is 16.6 Å². The molecule has 0 aliphatic rings. The van der Waals surface area contributed by atoms with E-state index in [1.165, 1.54) is 0 Å². The molecule has 0 atom stereocenters. The molecular weight excluding hydrogens is 218 g/mol. The number of aryl methyl sites for hydroxylation is 1. The number of aromatic nitrogens is 4. The quantitative estimate of drug-likeness (QED) is 0.510. The molecule has 0 aromatic carbocycles. The Bertz CT molecular complexity index is 479. The van der Waals surface area contributed by atoms with Gasteiger partial charge >= 0.3 is 0 Å². The van der Waals surface area contributed by atoms with Gasteiger partial charge in [-0.3, -0.25) is 9.67 Å². The van der Waals surface area contributed by atoms with Gasteiger partial charge in [0.05, 0.1) is 25.1 Å². The minimum absolute atomic E-state index is 0.532. The van der Waals surface area contributed by atoms with Crippen molar-refractivity contribution in [2.75, 3.05) is 17.3 Å². The fourth-order valence-corrected chi connectivity index (χ4v) is 1.41. The average molecular weight is 233 g/mol. The summed E-state index contributed by atoms with van der Waals surface area (Å²) < 4.78 is 1.88. The summed E-state index contributed by atoms with van der Waals surface area (Å²) in [5.74, 6) is 6.46. The molecule has 17 heavy (non-hydrogen) atoms. The van der Waals surface area contributed by atoms with Crippen molar-refractivity contribution in [1.82, 2.24) is 19.7 Å². The molecule has 90 valence electrons. The monoisotopic (exact) mass is 233 g/mol. The van der Waals surface area contributed by atoms with Gasteiger partial charge in [0.25, 0.3) is 0 Å². The van der Waals surface area contributed by atoms with E-state index >= 15 is 0 Å². The maximum Gasteiger partial charge on any atom is 0.160 e. The van der Waals surface area contributed by atoms with Gasteiger partial charge in [-0.25, -0.2) is 10.8 Å². The number of nitrogens with one attached hydrogen (secondary N) is 2. The van der Waals surface area contributed by atoms with E-state index in [-0.39, 0.29) is 0 Å². The number of hydrazine groups is 1. The van der Waals surface area contributed by atoms with Gasteiger partial charge < -0.3 is 10.7 Å². The van der Waals surface area contributed by atoms with Gasteiger partial charge in [0.15, 0.2) is 5.82 Å². The summed E-state index contributed by atoms with van der Waals surface area (Å²) in [7, 11) is 0. The number of nitrogens with zero attached hydrogens (tertiary/aromatic N) is 4. The summed E-state index contributed by atoms with van der Waals surface area (Å²) >= 11 is 0. The lowest BCUT2D eigenvalue weighted by molar-refractivity contribution is 0.636. The first-order valence-corrected chi connectivity index (χ1v) is 5.29. The van der Waals surface area contributed by atoms with E-state index in [2.05, 4.69) is 25.8 Å². The molecule has 7 nitrogen and oxygen atoms in total. The Morgan fingerprint density at radius 3 is 2.82 bits per heavy atom. The molecule has 2 aromatic heterocycles. The van der Waals surface area contributed by atoms with Gasteiger partial charge in [-0.1, -0.05) is 0 Å². The van der Waals surface area contributed by atoms with Crippen LogP contribution >= 0.6 is 0 Å². The van der Waals surface area contributed by atoms with Crippen LogP contribution in [0.4, 0.5) is 11.6 Å². The second-order valence-electron chi connectivity index (χ2n) is 3.64. The SMILES string of the molecule is Cc1cnn(CCNc2cncc(NN)n2)c1. The van der Waals surface area contributed by atoms with Gasteiger partial charge in [0, 0.05) is 12.7 Å². The van der Waals surface area contributed by atoms with Crippen LogP contribution in [0.5, 0.6) is 0 Å². The van der Waals surface area contributed by atoms with Gasteiger partial charge in [-0.05, 0) is 12.5 Å². The highest BCUT2D eigenvalue weighted by Gasteiger charge is 1.97. The van der Waals surface area contributed by atoms with Crippen molar-refractivity contribution >= 4 is 11.6 Å². The highest BCUT2D eigenvalue weighted by molar-refractivity contribution is 5.40. The van der Waals surface area contributed by atoms with Gasteiger partial charge in [0.1, 0.15) is 5.82 Å². The lowest BCUT2D eigenvalue weighted by Gasteiger charge is -2.06. The van der Waals surface area contributed by atoms with Crippen molar-refractivity contribution in [2.24, 2.45) is 5.84 Å². The molecule has 0 aliphatic heterocycles. The summed E-state index contributed by atoms with van der Waals surface area (Å²) in [5, 5.41) is 7.34. The topological polar surface area (TPSA) is 93.7 Å². The van der Waals surface area contributed by atoms with Crippen molar-refractivity contribution in [1.29, 1.82) is 0 Å². The molecule has 2 rings (SSSR count). The van der Waals surface area contributed by atoms with Crippen LogP contribution in [0.3, 0.4) is 0 Å². The molecule has 0 bridgehead atoms. The minimum atomic E-state index is 0.532. The Kier molecular flexibility index (Phi) is 3.51. The third-order valence-electron chi connectivity index (χ3n) is 2.19. The summed E-state index contributed by atoms with van der Waals surface area (Å²) in [6.45, 7) is 3.51. The second-order valence-corrected chi connectivity index (χ2v) is 3.64. The highest BCUT2D eigenvalue weighted by atomic mass is 15.3. The summed E-state index contributed by atoms with van der Waals surface area (Å²) in [6, 6.07) is 0. The fraction of sp³-hybridized carbons (Fsp3) is 0.300. The fourth-order valence-electron chi connectivity index (χ4n) is 1.41. The third kappa shape index (κ3) is 3.15. The zero-order chi connectivity index (χ0) is 12.1. The summed E-state index contributed by atoms with van der Waals surface area (Å²) in [4.78, 5) is 8.18. The Morgan fingerprint density at radius 2 is 2.12 bits per heavy atom. The molecule has 0 saturated carbocycles. The first-order chi connectivity index (χ1) is 8.28. The zero-order valence-electron chi connectivity index (χ0n) is 9.59. The molecule has 7 heteroatoms. The van der Waals surface area contributed by atoms with E-state index in [9.17, 15) is 0 Å². The lowest BCUT2D eigenvalue weighted by atomic mass is 10.4. The Balaban J connectivity index is 1.85. The van der Waals surface area contributed by atoms with Gasteiger partial charge in [0.2, 0.25) is 0 Å². The van der Waals surface area contributed by atoms with Crippen molar-refractivity contribution in [3.63, 3.8) is 0 Å². The smallest absolute Gasteiger partial charge is 0.160 e. The zero-order valence-corrected chi connectivity index (χ0v) is 9.59. The molecule has 0 spiro atoms. The summed E-state index contributed by atoms with van der Waals surface area (Å²) in [5.41, 5.74) is 3.60. The van der Waals surface area contributed by atoms with Crippen LogP contribution in [-0.4, -0.2) is 26.3 Å². The maximum absolute atomic E-state index is 5.25. The molecule has 2 heterocycles. The molecular formula is C10H15N7. The molecule has 4 N–H and O–H groups in total. The van der Waals surface area contributed by atoms with E-state index in [0.717, 1.165) is 18.7 Å². The molecule has 0 aliphatic carbocycles. The van der Waals surface area contributed by atoms with E-state index < -0.39 is 0 Å². The average Bonchev–Trinajstić information content (AvgIpc) is 2.75. The van der Waals surface area contributed by atoms with Crippen molar-refractivity contribution in [2.45, 2.75) is 13.5 Å². The first kappa shape index (κ1) is 11.3. The predicted molar refractivity (Wildman–Crippen MR) is 65.3 cm³/mol. The molecule has 0 unspecified atom stereocenters. The molecule has 0 fully saturated rings. The van der Waals surface area contributed by atoms with Crippen molar-refractivity contribution < 1.29 is 0 Å². The normalized spacial score (nSPS) is 10.2. The Labute approximate surface area is 99.0 Å². The van der Waals surface area contributed by atoms with Crippen LogP contribution in [0.2, 0.25) is 0 Å². The largest absolute Gasteiger partial charge is 0.367 e. The van der Waals surface area contributed by atoms with E-state index in [1.54, 1.807) is 12.4 Å². The number of nitrogen functional groups attached to an aromatic ring is 1. The van der Waals surface area contributed by atoms with E-state index in [0.29, 0.717) is 11.6 Å². The Hall–Kier alpha value is -2.15. The molecule has 2 aromatic rings. The first-order valence-electron chi connectivity index (χ1n) is 5.29. The number of rotatable bonds is 5. The van der Waals surface area contributed by atoms with Gasteiger partial charge in [-0.15, -0.1) is 0 Å². The maximum atomic E-state index is 5.25. The number of nitrogens with two attached hydrogens (primary N) is 1. The van der Waals surface area contributed by atoms with Crippen LogP contribution in [-0.2, 0) is 6.54 Å². The standard InChI is InChI=1S/C10H15N7/c1-8-4-14-17(7-8)3-2-13-9-5-12-6-10(15-9)16-11/h4-7H,2-3,11H2,1H3,(H2,13,15,16). The number of hydrogen-bond donors (Lipinski definition) is 3. The number of hydrogen-bond acceptors (Lipinski definition) is 6. The van der Waals surface area contributed by atoms with Crippen molar-refractivity contribution in [3.05, 3.63) is 30.4 Å². The van der Waals surface area contributed by atoms with Crippen LogP contribution in [0, 0.1) is 6.92 Å². The number of anilines is 2. The van der Waals surface area contributed by atoms with E-state index in [4.69, 9.17) is 5.84 Å². The van der Waals surface area contributed by atoms with Crippen LogP contribution in [0.15, 0.2) is 24.8 Å².